The normalized spacial score (nSPS) is 11.6. The number of rotatable bonds is 7. The lowest BCUT2D eigenvalue weighted by atomic mass is 10.1. The summed E-state index contributed by atoms with van der Waals surface area (Å²) < 4.78 is 5.42. The minimum Gasteiger partial charge on any atom is -0.483 e. The molecule has 0 aliphatic rings. The molecule has 5 nitrogen and oxygen atoms in total. The zero-order valence-electron chi connectivity index (χ0n) is 14.2. The van der Waals surface area contributed by atoms with Crippen LogP contribution in [0, 0.1) is 0 Å². The van der Waals surface area contributed by atoms with Crippen LogP contribution in [-0.4, -0.2) is 18.4 Å². The van der Waals surface area contributed by atoms with Crippen LogP contribution in [0.3, 0.4) is 0 Å². The molecule has 2 aromatic carbocycles. The van der Waals surface area contributed by atoms with E-state index in [1.165, 1.54) is 17.7 Å². The van der Waals surface area contributed by atoms with Gasteiger partial charge in [0.05, 0.1) is 11.6 Å². The molecule has 0 heterocycles. The molecular formula is C19H21ClN2O3. The number of nitrogens with two attached hydrogens (primary N) is 1. The van der Waals surface area contributed by atoms with Gasteiger partial charge in [-0.05, 0) is 42.7 Å². The van der Waals surface area contributed by atoms with Gasteiger partial charge in [-0.2, -0.15) is 0 Å². The lowest BCUT2D eigenvalue weighted by Crippen LogP contribution is -2.31. The molecule has 2 rings (SSSR count). The molecule has 6 heteroatoms. The summed E-state index contributed by atoms with van der Waals surface area (Å²) >= 11 is 5.84. The third kappa shape index (κ3) is 5.22. The van der Waals surface area contributed by atoms with E-state index in [1.54, 1.807) is 6.07 Å². The Hall–Kier alpha value is -2.53. The zero-order valence-corrected chi connectivity index (χ0v) is 15.0. The molecule has 0 saturated carbocycles. The number of carbonyl (C=O) groups excluding carboxylic acids is 2. The lowest BCUT2D eigenvalue weighted by molar-refractivity contribution is -0.123. The van der Waals surface area contributed by atoms with Crippen molar-refractivity contribution >= 4 is 23.4 Å². The first kappa shape index (κ1) is 18.8. The molecule has 0 aliphatic carbocycles. The minimum atomic E-state index is -0.665. The van der Waals surface area contributed by atoms with E-state index in [-0.39, 0.29) is 29.9 Å². The van der Waals surface area contributed by atoms with Crippen LogP contribution >= 0.6 is 11.6 Å². The number of benzene rings is 2. The van der Waals surface area contributed by atoms with Crippen LogP contribution in [0.15, 0.2) is 42.5 Å². The maximum Gasteiger partial charge on any atom is 0.258 e. The molecule has 132 valence electrons. The van der Waals surface area contributed by atoms with Gasteiger partial charge < -0.3 is 15.8 Å². The average Bonchev–Trinajstić information content (AvgIpc) is 2.60. The summed E-state index contributed by atoms with van der Waals surface area (Å²) in [7, 11) is 0. The summed E-state index contributed by atoms with van der Waals surface area (Å²) in [5, 5.41) is 3.23. The van der Waals surface area contributed by atoms with E-state index >= 15 is 0 Å². The van der Waals surface area contributed by atoms with Crippen molar-refractivity contribution in [1.29, 1.82) is 0 Å². The number of nitrogens with one attached hydrogen (secondary N) is 1. The van der Waals surface area contributed by atoms with Gasteiger partial charge in [0.2, 0.25) is 0 Å². The molecule has 0 fully saturated rings. The Labute approximate surface area is 152 Å². The van der Waals surface area contributed by atoms with E-state index < -0.39 is 5.91 Å². The molecule has 25 heavy (non-hydrogen) atoms. The molecule has 2 aromatic rings. The fraction of sp³-hybridized carbons (Fsp3) is 0.263. The lowest BCUT2D eigenvalue weighted by Gasteiger charge is -2.16. The molecule has 0 bridgehead atoms. The Morgan fingerprint density at radius 2 is 1.88 bits per heavy atom. The molecular weight excluding hydrogens is 340 g/mol. The standard InChI is InChI=1S/C19H21ClN2O3/c1-3-13-4-6-14(7-5-13)12(2)22-18(23)11-25-17-9-8-15(20)10-16(17)19(21)24/h4-10,12H,3,11H2,1-2H3,(H2,21,24)(H,22,23)/t12-/m1/s1. The number of amides is 2. The van der Waals surface area contributed by atoms with E-state index in [2.05, 4.69) is 12.2 Å². The van der Waals surface area contributed by atoms with Gasteiger partial charge in [-0.15, -0.1) is 0 Å². The summed E-state index contributed by atoms with van der Waals surface area (Å²) in [6.45, 7) is 3.77. The van der Waals surface area contributed by atoms with Gasteiger partial charge in [0.15, 0.2) is 6.61 Å². The van der Waals surface area contributed by atoms with E-state index in [9.17, 15) is 9.59 Å². The van der Waals surface area contributed by atoms with Gasteiger partial charge in [-0.25, -0.2) is 0 Å². The molecule has 1 atom stereocenters. The number of primary amides is 1. The highest BCUT2D eigenvalue weighted by molar-refractivity contribution is 6.31. The van der Waals surface area contributed by atoms with Crippen LogP contribution in [0.4, 0.5) is 0 Å². The number of carbonyl (C=O) groups is 2. The molecule has 0 aromatic heterocycles. The van der Waals surface area contributed by atoms with Crippen LogP contribution in [-0.2, 0) is 11.2 Å². The number of hydrogen-bond donors (Lipinski definition) is 2. The number of halogens is 1. The largest absolute Gasteiger partial charge is 0.483 e. The molecule has 2 amide bonds. The molecule has 0 unspecified atom stereocenters. The summed E-state index contributed by atoms with van der Waals surface area (Å²) in [6.07, 6.45) is 0.970. The van der Waals surface area contributed by atoms with Crippen LogP contribution in [0.25, 0.3) is 0 Å². The Morgan fingerprint density at radius 3 is 2.48 bits per heavy atom. The highest BCUT2D eigenvalue weighted by Crippen LogP contribution is 2.22. The molecule has 0 saturated heterocycles. The van der Waals surface area contributed by atoms with Crippen LogP contribution < -0.4 is 15.8 Å². The number of ether oxygens (including phenoxy) is 1. The Kier molecular flexibility index (Phi) is 6.42. The monoisotopic (exact) mass is 360 g/mol. The van der Waals surface area contributed by atoms with Crippen LogP contribution in [0.1, 0.15) is 41.4 Å². The predicted octanol–water partition coefficient (Wildman–Crippen LogP) is 3.26. The van der Waals surface area contributed by atoms with Crippen molar-refractivity contribution in [2.75, 3.05) is 6.61 Å². The van der Waals surface area contributed by atoms with Gasteiger partial charge in [0.1, 0.15) is 5.75 Å². The zero-order chi connectivity index (χ0) is 18.4. The summed E-state index contributed by atoms with van der Waals surface area (Å²) in [5.74, 6) is -0.730. The fourth-order valence-electron chi connectivity index (χ4n) is 2.37. The molecule has 0 radical (unpaired) electrons. The highest BCUT2D eigenvalue weighted by Gasteiger charge is 2.14. The van der Waals surface area contributed by atoms with Gasteiger partial charge >= 0.3 is 0 Å². The molecule has 3 N–H and O–H groups in total. The summed E-state index contributed by atoms with van der Waals surface area (Å²) in [5.41, 5.74) is 7.69. The van der Waals surface area contributed by atoms with Gasteiger partial charge in [0, 0.05) is 5.02 Å². The first-order valence-corrected chi connectivity index (χ1v) is 8.38. The minimum absolute atomic E-state index is 0.142. The quantitative estimate of drug-likeness (QED) is 0.795. The van der Waals surface area contributed by atoms with Gasteiger partial charge in [-0.3, -0.25) is 9.59 Å². The van der Waals surface area contributed by atoms with Crippen LogP contribution in [0.5, 0.6) is 5.75 Å². The van der Waals surface area contributed by atoms with Crippen molar-refractivity contribution in [3.05, 3.63) is 64.2 Å². The SMILES string of the molecule is CCc1ccc([C@@H](C)NC(=O)COc2ccc(Cl)cc2C(N)=O)cc1. The van der Waals surface area contributed by atoms with Crippen molar-refractivity contribution in [2.45, 2.75) is 26.3 Å². The third-order valence-corrected chi connectivity index (χ3v) is 4.07. The Morgan fingerprint density at radius 1 is 1.20 bits per heavy atom. The van der Waals surface area contributed by atoms with Crippen molar-refractivity contribution in [1.82, 2.24) is 5.32 Å². The maximum absolute atomic E-state index is 12.1. The van der Waals surface area contributed by atoms with Crippen molar-refractivity contribution in [3.8, 4) is 5.75 Å². The second-order valence-electron chi connectivity index (χ2n) is 5.68. The second-order valence-corrected chi connectivity index (χ2v) is 6.11. The summed E-state index contributed by atoms with van der Waals surface area (Å²) in [4.78, 5) is 23.5. The second kappa shape index (κ2) is 8.53. The highest BCUT2D eigenvalue weighted by atomic mass is 35.5. The van der Waals surface area contributed by atoms with Gasteiger partial charge in [0.25, 0.3) is 11.8 Å². The van der Waals surface area contributed by atoms with Crippen molar-refractivity contribution in [2.24, 2.45) is 5.73 Å². The number of aryl methyl sites for hydroxylation is 1. The first-order chi connectivity index (χ1) is 11.9. The average molecular weight is 361 g/mol. The summed E-state index contributed by atoms with van der Waals surface area (Å²) in [6, 6.07) is 12.4. The van der Waals surface area contributed by atoms with E-state index in [0.29, 0.717) is 5.02 Å². The first-order valence-electron chi connectivity index (χ1n) is 8.01. The van der Waals surface area contributed by atoms with E-state index in [1.807, 2.05) is 31.2 Å². The van der Waals surface area contributed by atoms with E-state index in [0.717, 1.165) is 12.0 Å². The smallest absolute Gasteiger partial charge is 0.258 e. The topological polar surface area (TPSA) is 81.4 Å². The van der Waals surface area contributed by atoms with Gasteiger partial charge in [-0.1, -0.05) is 42.8 Å². The number of hydrogen-bond acceptors (Lipinski definition) is 3. The maximum atomic E-state index is 12.1. The molecule has 0 spiro atoms. The van der Waals surface area contributed by atoms with Crippen molar-refractivity contribution in [3.63, 3.8) is 0 Å². The fourth-order valence-corrected chi connectivity index (χ4v) is 2.54. The predicted molar refractivity (Wildman–Crippen MR) is 97.8 cm³/mol. The Balaban J connectivity index is 1.95. The molecule has 0 aliphatic heterocycles. The van der Waals surface area contributed by atoms with Crippen molar-refractivity contribution < 1.29 is 14.3 Å². The Bertz CT molecular complexity index is 760. The van der Waals surface area contributed by atoms with Crippen LogP contribution in [0.2, 0.25) is 5.02 Å². The van der Waals surface area contributed by atoms with E-state index in [4.69, 9.17) is 22.1 Å². The third-order valence-electron chi connectivity index (χ3n) is 3.83.